The highest BCUT2D eigenvalue weighted by atomic mass is 79.9. The van der Waals surface area contributed by atoms with Gasteiger partial charge in [0.25, 0.3) is 10.0 Å². The highest BCUT2D eigenvalue weighted by Crippen LogP contribution is 2.34. The minimum Gasteiger partial charge on any atom is -0.497 e. The number of halogens is 1. The van der Waals surface area contributed by atoms with Gasteiger partial charge in [-0.25, -0.2) is 0 Å². The number of sulfonamides is 1. The Morgan fingerprint density at radius 2 is 1.69 bits per heavy atom. The average molecular weight is 437 g/mol. The Balaban J connectivity index is 2.02. The van der Waals surface area contributed by atoms with Crippen molar-refractivity contribution < 1.29 is 17.9 Å². The van der Waals surface area contributed by atoms with Gasteiger partial charge < -0.3 is 14.8 Å². The summed E-state index contributed by atoms with van der Waals surface area (Å²) in [5.41, 5.74) is 1.75. The molecule has 0 saturated carbocycles. The number of nitrogens with zero attached hydrogens (tertiary/aromatic N) is 1. The molecule has 0 fully saturated rings. The number of hydrogen-bond donors (Lipinski definition) is 1. The molecule has 0 spiro atoms. The topological polar surface area (TPSA) is 77.0 Å². The SMILES string of the molecule is COc1cc(NC2=NS(=O)(=O)C(c3cccc(Br)c3)=C2C)cc(OC)c1. The van der Waals surface area contributed by atoms with Gasteiger partial charge in [0.05, 0.1) is 14.2 Å². The minimum absolute atomic E-state index is 0.191. The molecule has 2 aromatic carbocycles. The Hall–Kier alpha value is -2.32. The first kappa shape index (κ1) is 18.5. The van der Waals surface area contributed by atoms with Crippen molar-refractivity contribution in [1.82, 2.24) is 0 Å². The zero-order valence-electron chi connectivity index (χ0n) is 14.4. The third kappa shape index (κ3) is 3.61. The zero-order chi connectivity index (χ0) is 18.9. The molecule has 1 aliphatic heterocycles. The van der Waals surface area contributed by atoms with E-state index in [2.05, 4.69) is 25.6 Å². The number of methoxy groups -OCH3 is 2. The lowest BCUT2D eigenvalue weighted by molar-refractivity contribution is 0.395. The predicted octanol–water partition coefficient (Wildman–Crippen LogP) is 4.05. The van der Waals surface area contributed by atoms with E-state index in [0.717, 1.165) is 4.47 Å². The highest BCUT2D eigenvalue weighted by Gasteiger charge is 2.31. The Labute approximate surface area is 160 Å². The second-order valence-corrected chi connectivity index (χ2v) is 8.06. The van der Waals surface area contributed by atoms with E-state index in [9.17, 15) is 8.42 Å². The summed E-state index contributed by atoms with van der Waals surface area (Å²) in [6.45, 7) is 1.73. The van der Waals surface area contributed by atoms with Crippen LogP contribution in [-0.2, 0) is 10.0 Å². The van der Waals surface area contributed by atoms with E-state index >= 15 is 0 Å². The summed E-state index contributed by atoms with van der Waals surface area (Å²) in [5, 5.41) is 3.05. The second kappa shape index (κ2) is 7.13. The molecule has 6 nitrogen and oxygen atoms in total. The van der Waals surface area contributed by atoms with Gasteiger partial charge in [-0.1, -0.05) is 28.1 Å². The maximum absolute atomic E-state index is 12.6. The number of benzene rings is 2. The van der Waals surface area contributed by atoms with Crippen molar-refractivity contribution in [1.29, 1.82) is 0 Å². The third-order valence-corrected chi connectivity index (χ3v) is 5.84. The van der Waals surface area contributed by atoms with Crippen molar-refractivity contribution in [2.75, 3.05) is 19.5 Å². The van der Waals surface area contributed by atoms with Crippen LogP contribution in [-0.4, -0.2) is 28.5 Å². The maximum Gasteiger partial charge on any atom is 0.285 e. The number of hydrogen-bond acceptors (Lipinski definition) is 5. The lowest BCUT2D eigenvalue weighted by Gasteiger charge is -2.11. The number of rotatable bonds is 4. The molecular formula is C18H17BrN2O4S. The number of anilines is 1. The van der Waals surface area contributed by atoms with Gasteiger partial charge in [-0.3, -0.25) is 0 Å². The third-order valence-electron chi connectivity index (χ3n) is 3.87. The van der Waals surface area contributed by atoms with Gasteiger partial charge in [0.15, 0.2) is 0 Å². The van der Waals surface area contributed by atoms with Crippen molar-refractivity contribution >= 4 is 42.4 Å². The average Bonchev–Trinajstić information content (AvgIpc) is 2.82. The predicted molar refractivity (Wildman–Crippen MR) is 106 cm³/mol. The zero-order valence-corrected chi connectivity index (χ0v) is 16.8. The first-order valence-corrected chi connectivity index (χ1v) is 9.89. The largest absolute Gasteiger partial charge is 0.497 e. The van der Waals surface area contributed by atoms with Crippen molar-refractivity contribution in [3.63, 3.8) is 0 Å². The fourth-order valence-corrected chi connectivity index (χ4v) is 4.49. The summed E-state index contributed by atoms with van der Waals surface area (Å²) in [6, 6.07) is 12.3. The minimum atomic E-state index is -3.78. The van der Waals surface area contributed by atoms with Crippen LogP contribution in [0.15, 0.2) is 56.9 Å². The molecule has 3 rings (SSSR count). The van der Waals surface area contributed by atoms with Gasteiger partial charge in [-0.15, -0.1) is 4.40 Å². The summed E-state index contributed by atoms with van der Waals surface area (Å²) in [6.07, 6.45) is 0. The fourth-order valence-electron chi connectivity index (χ4n) is 2.66. The standard InChI is InChI=1S/C18H17BrN2O4S/c1-11-17(12-5-4-6-13(19)7-12)26(22,23)21-18(11)20-14-8-15(24-2)10-16(9-14)25-3/h4-10H,1-3H3,(H,20,21). The fraction of sp³-hybridized carbons (Fsp3) is 0.167. The summed E-state index contributed by atoms with van der Waals surface area (Å²) >= 11 is 3.37. The second-order valence-electron chi connectivity index (χ2n) is 5.61. The smallest absolute Gasteiger partial charge is 0.285 e. The molecule has 0 atom stereocenters. The van der Waals surface area contributed by atoms with E-state index < -0.39 is 10.0 Å². The van der Waals surface area contributed by atoms with E-state index in [1.54, 1.807) is 57.5 Å². The van der Waals surface area contributed by atoms with Crippen LogP contribution in [0.3, 0.4) is 0 Å². The first-order chi connectivity index (χ1) is 12.3. The molecule has 1 aliphatic rings. The summed E-state index contributed by atoms with van der Waals surface area (Å²) < 4.78 is 40.3. The molecule has 0 aliphatic carbocycles. The Morgan fingerprint density at radius 1 is 1.04 bits per heavy atom. The molecule has 0 amide bonds. The van der Waals surface area contributed by atoms with Gasteiger partial charge in [-0.2, -0.15) is 8.42 Å². The molecule has 0 bridgehead atoms. The molecule has 136 valence electrons. The van der Waals surface area contributed by atoms with Crippen LogP contribution in [0.1, 0.15) is 12.5 Å². The molecule has 1 N–H and O–H groups in total. The van der Waals surface area contributed by atoms with Crippen molar-refractivity contribution in [2.24, 2.45) is 4.40 Å². The van der Waals surface area contributed by atoms with Crippen LogP contribution >= 0.6 is 15.9 Å². The molecule has 0 aromatic heterocycles. The molecule has 0 unspecified atom stereocenters. The molecule has 0 saturated heterocycles. The summed E-state index contributed by atoms with van der Waals surface area (Å²) in [7, 11) is -0.689. The van der Waals surface area contributed by atoms with E-state index in [1.807, 2.05) is 6.07 Å². The number of ether oxygens (including phenoxy) is 2. The monoisotopic (exact) mass is 436 g/mol. The van der Waals surface area contributed by atoms with Crippen LogP contribution in [0.2, 0.25) is 0 Å². The van der Waals surface area contributed by atoms with Crippen LogP contribution in [0, 0.1) is 0 Å². The van der Waals surface area contributed by atoms with Crippen LogP contribution in [0.25, 0.3) is 4.91 Å². The Kier molecular flexibility index (Phi) is 5.06. The van der Waals surface area contributed by atoms with E-state index in [1.165, 1.54) is 0 Å². The highest BCUT2D eigenvalue weighted by molar-refractivity contribution is 9.10. The first-order valence-electron chi connectivity index (χ1n) is 7.66. The molecule has 8 heteroatoms. The lowest BCUT2D eigenvalue weighted by atomic mass is 10.1. The lowest BCUT2D eigenvalue weighted by Crippen LogP contribution is -2.11. The van der Waals surface area contributed by atoms with Gasteiger partial charge in [0, 0.05) is 33.9 Å². The Morgan fingerprint density at radius 3 is 2.27 bits per heavy atom. The van der Waals surface area contributed by atoms with E-state index in [-0.39, 0.29) is 10.7 Å². The number of nitrogens with one attached hydrogen (secondary N) is 1. The Bertz CT molecular complexity index is 1010. The molecular weight excluding hydrogens is 420 g/mol. The van der Waals surface area contributed by atoms with E-state index in [4.69, 9.17) is 9.47 Å². The quantitative estimate of drug-likeness (QED) is 0.781. The summed E-state index contributed by atoms with van der Waals surface area (Å²) in [4.78, 5) is 0.191. The summed E-state index contributed by atoms with van der Waals surface area (Å²) in [5.74, 6) is 1.44. The van der Waals surface area contributed by atoms with Gasteiger partial charge in [0.1, 0.15) is 22.2 Å². The van der Waals surface area contributed by atoms with Crippen molar-refractivity contribution in [2.45, 2.75) is 6.92 Å². The van der Waals surface area contributed by atoms with Gasteiger partial charge >= 0.3 is 0 Å². The van der Waals surface area contributed by atoms with E-state index in [0.29, 0.717) is 28.3 Å². The molecule has 2 aromatic rings. The van der Waals surface area contributed by atoms with Crippen molar-refractivity contribution in [3.05, 3.63) is 58.1 Å². The maximum atomic E-state index is 12.6. The normalized spacial score (nSPS) is 15.6. The van der Waals surface area contributed by atoms with Gasteiger partial charge in [-0.05, 0) is 24.6 Å². The van der Waals surface area contributed by atoms with Crippen LogP contribution in [0.4, 0.5) is 5.69 Å². The molecule has 1 heterocycles. The van der Waals surface area contributed by atoms with Crippen molar-refractivity contribution in [3.8, 4) is 11.5 Å². The molecule has 0 radical (unpaired) electrons. The van der Waals surface area contributed by atoms with Gasteiger partial charge in [0.2, 0.25) is 0 Å². The van der Waals surface area contributed by atoms with Crippen LogP contribution < -0.4 is 14.8 Å². The number of amidine groups is 1. The van der Waals surface area contributed by atoms with Crippen LogP contribution in [0.5, 0.6) is 11.5 Å². The molecule has 26 heavy (non-hydrogen) atoms.